The zero-order chi connectivity index (χ0) is 50.6. The lowest BCUT2D eigenvalue weighted by Gasteiger charge is -2.17. The highest BCUT2D eigenvalue weighted by molar-refractivity contribution is 6.40. The van der Waals surface area contributed by atoms with Crippen LogP contribution in [0.3, 0.4) is 0 Å². The van der Waals surface area contributed by atoms with Gasteiger partial charge in [0.25, 0.3) is 0 Å². The summed E-state index contributed by atoms with van der Waals surface area (Å²) < 4.78 is 9.20. The highest BCUT2D eigenvalue weighted by Crippen LogP contribution is 2.51. The van der Waals surface area contributed by atoms with Gasteiger partial charge in [-0.15, -0.1) is 0 Å². The average molecular weight is 969 g/mol. The molecule has 0 aliphatic rings. The quantitative estimate of drug-likeness (QED) is 0.155. The van der Waals surface area contributed by atoms with Crippen molar-refractivity contribution in [1.82, 2.24) is 33.2 Å². The zero-order valence-electron chi connectivity index (χ0n) is 40.3. The van der Waals surface area contributed by atoms with E-state index < -0.39 is 0 Å². The molecule has 0 aliphatic carbocycles. The Labute approximate surface area is 433 Å². The van der Waals surface area contributed by atoms with Crippen molar-refractivity contribution in [3.8, 4) is 51.9 Å². The van der Waals surface area contributed by atoms with Gasteiger partial charge in [-0.2, -0.15) is 15.2 Å². The molecule has 10 nitrogen and oxygen atoms in total. The number of rotatable bonds is 6. The summed E-state index contributed by atoms with van der Waals surface area (Å²) in [5, 5.41) is 18.2. The lowest BCUT2D eigenvalue weighted by molar-refractivity contribution is 0.952. The van der Waals surface area contributed by atoms with Gasteiger partial charge in [0.05, 0.1) is 74.6 Å². The molecule has 0 unspecified atom stereocenters. The van der Waals surface area contributed by atoms with Crippen molar-refractivity contribution >= 4 is 98.6 Å². The molecule has 5 heterocycles. The molecule has 0 atom stereocenters. The molecule has 0 saturated heterocycles. The Bertz CT molecular complexity index is 4940. The van der Waals surface area contributed by atoms with Crippen molar-refractivity contribution in [3.63, 3.8) is 0 Å². The number of benzene rings is 10. The summed E-state index contributed by atoms with van der Waals surface area (Å²) >= 11 is 0. The minimum atomic E-state index is 0.341. The summed E-state index contributed by atoms with van der Waals surface area (Å²) in [6, 6.07) is 76.4. The summed E-state index contributed by atoms with van der Waals surface area (Å²) in [6.07, 6.45) is 0. The van der Waals surface area contributed by atoms with Crippen LogP contribution >= 0.6 is 0 Å². The van der Waals surface area contributed by atoms with Crippen molar-refractivity contribution in [2.75, 3.05) is 0 Å². The summed E-state index contributed by atoms with van der Waals surface area (Å²) in [7, 11) is 0. The fourth-order valence-electron chi connectivity index (χ4n) is 11.7. The molecule has 10 heteroatoms. The second-order valence-corrected chi connectivity index (χ2v) is 18.9. The standard InChI is InChI=1S/C66H36N10/c1-68-42-31-34-56-50(37-42)49-36-40(39-67)30-33-55(49)76(56)66-71-64(41-18-6-3-7-19-41)70-65(72-66)51-38-43(69-2)32-35-57(51)75-54-29-17-14-26-48(54)60-62-58(46-24-12-15-27-52(46)73(62)44-20-8-4-9-21-44)61-59(63(60)75)47-25-13-16-28-53(47)74(61)45-22-10-5-11-23-45/h3-38H. The van der Waals surface area contributed by atoms with Crippen molar-refractivity contribution in [2.45, 2.75) is 0 Å². The van der Waals surface area contributed by atoms with Crippen LogP contribution in [0.1, 0.15) is 5.56 Å². The predicted octanol–water partition coefficient (Wildman–Crippen LogP) is 16.6. The van der Waals surface area contributed by atoms with Crippen LogP contribution < -0.4 is 0 Å². The Kier molecular flexibility index (Phi) is 9.21. The molecule has 0 spiro atoms. The van der Waals surface area contributed by atoms with Crippen LogP contribution in [0, 0.1) is 24.5 Å². The lowest BCUT2D eigenvalue weighted by atomic mass is 10.0. The average Bonchev–Trinajstić information content (AvgIpc) is 4.39. The first-order valence-corrected chi connectivity index (χ1v) is 24.8. The second kappa shape index (κ2) is 16.5. The first kappa shape index (κ1) is 42.6. The number of hydrogen-bond acceptors (Lipinski definition) is 4. The lowest BCUT2D eigenvalue weighted by Crippen LogP contribution is -2.08. The van der Waals surface area contributed by atoms with E-state index in [9.17, 15) is 5.26 Å². The Hall–Kier alpha value is -11.1. The fraction of sp³-hybridized carbons (Fsp3) is 0. The van der Waals surface area contributed by atoms with Crippen LogP contribution in [0.2, 0.25) is 0 Å². The normalized spacial score (nSPS) is 11.6. The van der Waals surface area contributed by atoms with E-state index in [1.807, 2.05) is 77.4 Å². The molecule has 15 rings (SSSR count). The van der Waals surface area contributed by atoms with E-state index in [2.05, 4.69) is 163 Å². The number of fused-ring (bicyclic) bond motifs is 15. The SMILES string of the molecule is [C-]#[N+]c1ccc(-n2c3ccccc3c3c4c(c5ccccc5n4-c4ccccc4)c4c(c5ccccc5n4-c4ccccc4)c32)c(-c2nc(-c3ccccc3)nc(-n3c4ccc(C#N)cc4c4cc([N+]#[C-])ccc43)n2)c1. The molecule has 0 fully saturated rings. The van der Waals surface area contributed by atoms with E-state index >= 15 is 0 Å². The predicted molar refractivity (Wildman–Crippen MR) is 305 cm³/mol. The Morgan fingerprint density at radius 3 is 1.39 bits per heavy atom. The Morgan fingerprint density at radius 2 is 0.829 bits per heavy atom. The molecule has 5 aromatic heterocycles. The van der Waals surface area contributed by atoms with Crippen LogP contribution in [0.5, 0.6) is 0 Å². The van der Waals surface area contributed by atoms with Gasteiger partial charge in [-0.3, -0.25) is 4.57 Å². The minimum Gasteiger partial charge on any atom is -0.308 e. The second-order valence-electron chi connectivity index (χ2n) is 18.9. The van der Waals surface area contributed by atoms with Crippen LogP contribution in [-0.2, 0) is 0 Å². The third kappa shape index (κ3) is 6.09. The molecule has 0 aliphatic heterocycles. The number of para-hydroxylation sites is 5. The molecule has 0 amide bonds. The fourth-order valence-corrected chi connectivity index (χ4v) is 11.7. The van der Waals surface area contributed by atoms with E-state index in [0.717, 1.165) is 110 Å². The van der Waals surface area contributed by atoms with Crippen molar-refractivity contribution in [1.29, 1.82) is 5.26 Å². The molecular formula is C66H36N10. The molecule has 0 N–H and O–H groups in total. The monoisotopic (exact) mass is 968 g/mol. The van der Waals surface area contributed by atoms with Crippen LogP contribution in [0.25, 0.3) is 143 Å². The van der Waals surface area contributed by atoms with E-state index in [4.69, 9.17) is 28.1 Å². The van der Waals surface area contributed by atoms with Gasteiger partial charge in [0.15, 0.2) is 23.0 Å². The summed E-state index contributed by atoms with van der Waals surface area (Å²) in [6.45, 7) is 16.3. The number of nitriles is 1. The van der Waals surface area contributed by atoms with Gasteiger partial charge >= 0.3 is 0 Å². The molecule has 0 radical (unpaired) electrons. The largest absolute Gasteiger partial charge is 0.308 e. The van der Waals surface area contributed by atoms with E-state index in [1.54, 1.807) is 12.1 Å². The maximum Gasteiger partial charge on any atom is 0.238 e. The molecule has 350 valence electrons. The van der Waals surface area contributed by atoms with Crippen LogP contribution in [0.15, 0.2) is 218 Å². The first-order valence-electron chi connectivity index (χ1n) is 24.8. The third-order valence-electron chi connectivity index (χ3n) is 14.8. The summed E-state index contributed by atoms with van der Waals surface area (Å²) in [5.41, 5.74) is 13.5. The zero-order valence-corrected chi connectivity index (χ0v) is 40.3. The first-order chi connectivity index (χ1) is 37.6. The molecular weight excluding hydrogens is 933 g/mol. The minimum absolute atomic E-state index is 0.341. The van der Waals surface area contributed by atoms with Crippen molar-refractivity contribution < 1.29 is 0 Å². The van der Waals surface area contributed by atoms with Crippen molar-refractivity contribution in [2.24, 2.45) is 0 Å². The van der Waals surface area contributed by atoms with Crippen LogP contribution in [-0.4, -0.2) is 33.2 Å². The van der Waals surface area contributed by atoms with Gasteiger partial charge in [0, 0.05) is 60.2 Å². The third-order valence-corrected chi connectivity index (χ3v) is 14.8. The highest BCUT2D eigenvalue weighted by Gasteiger charge is 2.30. The van der Waals surface area contributed by atoms with Gasteiger partial charge in [-0.25, -0.2) is 14.7 Å². The number of aromatic nitrogens is 7. The van der Waals surface area contributed by atoms with Crippen LogP contribution in [0.4, 0.5) is 11.4 Å². The Morgan fingerprint density at radius 1 is 0.382 bits per heavy atom. The number of hydrogen-bond donors (Lipinski definition) is 0. The van der Waals surface area contributed by atoms with Gasteiger partial charge in [-0.1, -0.05) is 133 Å². The summed E-state index contributed by atoms with van der Waals surface area (Å²) in [5.74, 6) is 1.14. The molecule has 0 bridgehead atoms. The van der Waals surface area contributed by atoms with Gasteiger partial charge in [-0.05, 0) is 90.3 Å². The van der Waals surface area contributed by atoms with Gasteiger partial charge in [0.1, 0.15) is 0 Å². The molecule has 15 aromatic rings. The van der Waals surface area contributed by atoms with E-state index in [0.29, 0.717) is 40.1 Å². The highest BCUT2D eigenvalue weighted by atomic mass is 15.2. The molecule has 76 heavy (non-hydrogen) atoms. The molecule has 10 aromatic carbocycles. The molecule has 0 saturated carbocycles. The number of nitrogens with zero attached hydrogens (tertiary/aromatic N) is 10. The Balaban J connectivity index is 1.14. The maximum atomic E-state index is 10.0. The van der Waals surface area contributed by atoms with E-state index in [-0.39, 0.29) is 0 Å². The van der Waals surface area contributed by atoms with E-state index in [1.165, 1.54) is 0 Å². The topological polar surface area (TPSA) is 90.9 Å². The van der Waals surface area contributed by atoms with Gasteiger partial charge in [0.2, 0.25) is 5.95 Å². The van der Waals surface area contributed by atoms with Gasteiger partial charge < -0.3 is 13.7 Å². The van der Waals surface area contributed by atoms with Crippen molar-refractivity contribution in [3.05, 3.63) is 247 Å². The maximum absolute atomic E-state index is 10.0. The smallest absolute Gasteiger partial charge is 0.238 e. The summed E-state index contributed by atoms with van der Waals surface area (Å²) in [4.78, 5) is 23.8.